The van der Waals surface area contributed by atoms with Crippen LogP contribution in [0, 0.1) is 6.92 Å². The van der Waals surface area contributed by atoms with Crippen molar-refractivity contribution in [2.24, 2.45) is 0 Å². The van der Waals surface area contributed by atoms with Crippen LogP contribution in [0.3, 0.4) is 0 Å². The van der Waals surface area contributed by atoms with E-state index in [2.05, 4.69) is 10.3 Å². The highest BCUT2D eigenvalue weighted by Gasteiger charge is 2.14. The summed E-state index contributed by atoms with van der Waals surface area (Å²) < 4.78 is 4.95. The number of aryl methyl sites for hydroxylation is 1. The average Bonchev–Trinajstić information content (AvgIpc) is 2.98. The second-order valence-electron chi connectivity index (χ2n) is 3.81. The Bertz CT molecular complexity index is 589. The summed E-state index contributed by atoms with van der Waals surface area (Å²) in [5.74, 6) is -1.01. The third-order valence-electron chi connectivity index (χ3n) is 2.40. The van der Waals surface area contributed by atoms with E-state index in [4.69, 9.17) is 9.52 Å². The number of aromatic nitrogens is 1. The van der Waals surface area contributed by atoms with Gasteiger partial charge in [-0.25, -0.2) is 9.78 Å². The molecule has 0 saturated heterocycles. The Morgan fingerprint density at radius 3 is 2.89 bits per heavy atom. The van der Waals surface area contributed by atoms with Crippen molar-refractivity contribution in [2.75, 3.05) is 6.54 Å². The fourth-order valence-electron chi connectivity index (χ4n) is 1.54. The lowest BCUT2D eigenvalue weighted by Gasteiger charge is -2.00. The number of hydrogen-bond donors (Lipinski definition) is 2. The van der Waals surface area contributed by atoms with E-state index in [9.17, 15) is 9.59 Å². The summed E-state index contributed by atoms with van der Waals surface area (Å²) in [5, 5.41) is 12.3. The van der Waals surface area contributed by atoms with E-state index < -0.39 is 5.97 Å². The zero-order chi connectivity index (χ0) is 13.8. The molecule has 0 atom stereocenters. The number of carboxylic acid groups (broad SMARTS) is 1. The molecule has 0 aliphatic carbocycles. The number of carbonyl (C=O) groups is 2. The monoisotopic (exact) mass is 280 g/mol. The number of furan rings is 1. The zero-order valence-corrected chi connectivity index (χ0v) is 11.0. The number of rotatable bonds is 5. The van der Waals surface area contributed by atoms with Gasteiger partial charge in [0, 0.05) is 13.0 Å². The van der Waals surface area contributed by atoms with Gasteiger partial charge in [-0.3, -0.25) is 4.79 Å². The fraction of sp³-hybridized carbons (Fsp3) is 0.250. The van der Waals surface area contributed by atoms with Crippen molar-refractivity contribution in [3.8, 4) is 0 Å². The maximum atomic E-state index is 11.6. The highest BCUT2D eigenvalue weighted by atomic mass is 32.1. The normalized spacial score (nSPS) is 10.4. The Balaban J connectivity index is 1.88. The molecule has 2 N–H and O–H groups in total. The van der Waals surface area contributed by atoms with Gasteiger partial charge in [0.25, 0.3) is 5.91 Å². The zero-order valence-electron chi connectivity index (χ0n) is 10.2. The number of hydrogen-bond acceptors (Lipinski definition) is 5. The maximum absolute atomic E-state index is 11.6. The Labute approximate surface area is 113 Å². The highest BCUT2D eigenvalue weighted by molar-refractivity contribution is 7.13. The minimum atomic E-state index is -0.971. The minimum absolute atomic E-state index is 0.243. The van der Waals surface area contributed by atoms with E-state index in [0.29, 0.717) is 23.7 Å². The van der Waals surface area contributed by atoms with Gasteiger partial charge in [-0.05, 0) is 19.1 Å². The van der Waals surface area contributed by atoms with E-state index in [-0.39, 0.29) is 16.5 Å². The Morgan fingerprint density at radius 2 is 2.32 bits per heavy atom. The van der Waals surface area contributed by atoms with Crippen LogP contribution in [0.4, 0.5) is 0 Å². The van der Waals surface area contributed by atoms with Crippen LogP contribution in [0.15, 0.2) is 22.8 Å². The van der Waals surface area contributed by atoms with Gasteiger partial charge in [-0.1, -0.05) is 0 Å². The second-order valence-corrected chi connectivity index (χ2v) is 4.89. The molecule has 0 saturated carbocycles. The number of carbonyl (C=O) groups excluding carboxylic acids is 1. The second kappa shape index (κ2) is 5.66. The van der Waals surface area contributed by atoms with E-state index in [1.54, 1.807) is 19.1 Å². The Hall–Kier alpha value is -2.15. The van der Waals surface area contributed by atoms with Crippen molar-refractivity contribution in [3.63, 3.8) is 0 Å². The smallest absolute Gasteiger partial charge is 0.347 e. The molecule has 19 heavy (non-hydrogen) atoms. The van der Waals surface area contributed by atoms with Crippen molar-refractivity contribution in [2.45, 2.75) is 13.3 Å². The highest BCUT2D eigenvalue weighted by Crippen LogP contribution is 2.18. The van der Waals surface area contributed by atoms with Gasteiger partial charge < -0.3 is 14.8 Å². The molecule has 0 fully saturated rings. The molecular weight excluding hydrogens is 268 g/mol. The van der Waals surface area contributed by atoms with Crippen molar-refractivity contribution in [3.05, 3.63) is 39.7 Å². The van der Waals surface area contributed by atoms with Crippen LogP contribution in [-0.4, -0.2) is 28.5 Å². The lowest BCUT2D eigenvalue weighted by Crippen LogP contribution is -2.25. The largest absolute Gasteiger partial charge is 0.477 e. The van der Waals surface area contributed by atoms with Gasteiger partial charge in [0.1, 0.15) is 4.88 Å². The van der Waals surface area contributed by atoms with Crippen LogP contribution in [0.2, 0.25) is 0 Å². The van der Waals surface area contributed by atoms with E-state index in [1.807, 2.05) is 0 Å². The summed E-state index contributed by atoms with van der Waals surface area (Å²) in [6.07, 6.45) is 1.92. The lowest BCUT2D eigenvalue weighted by atomic mass is 10.4. The molecule has 100 valence electrons. The predicted molar refractivity (Wildman–Crippen MR) is 68.6 cm³/mol. The van der Waals surface area contributed by atoms with Gasteiger partial charge in [-0.2, -0.15) is 0 Å². The average molecular weight is 280 g/mol. The topological polar surface area (TPSA) is 92.4 Å². The van der Waals surface area contributed by atoms with E-state index in [0.717, 1.165) is 11.3 Å². The molecule has 2 heterocycles. The Morgan fingerprint density at radius 1 is 1.53 bits per heavy atom. The summed E-state index contributed by atoms with van der Waals surface area (Å²) in [6.45, 7) is 2.04. The number of nitrogens with zero attached hydrogens (tertiary/aromatic N) is 1. The molecule has 2 aromatic heterocycles. The summed E-state index contributed by atoms with van der Waals surface area (Å²) in [4.78, 5) is 26.8. The number of carboxylic acids is 1. The third-order valence-corrected chi connectivity index (χ3v) is 3.61. The van der Waals surface area contributed by atoms with Gasteiger partial charge in [0.05, 0.1) is 17.0 Å². The van der Waals surface area contributed by atoms with Crippen LogP contribution < -0.4 is 5.32 Å². The van der Waals surface area contributed by atoms with E-state index in [1.165, 1.54) is 6.26 Å². The standard InChI is InChI=1S/C12H12N2O4S/c1-7-10(12(16)17)19-9(14-7)4-5-13-11(15)8-3-2-6-18-8/h2-3,6H,4-5H2,1H3,(H,13,15)(H,16,17). The molecule has 0 unspecified atom stereocenters. The summed E-state index contributed by atoms with van der Waals surface area (Å²) in [7, 11) is 0. The molecular formula is C12H12N2O4S. The molecule has 2 rings (SSSR count). The minimum Gasteiger partial charge on any atom is -0.477 e. The number of aromatic carboxylic acids is 1. The van der Waals surface area contributed by atoms with Gasteiger partial charge in [0.15, 0.2) is 5.76 Å². The predicted octanol–water partition coefficient (Wildman–Crippen LogP) is 1.72. The molecule has 0 aliphatic rings. The number of amides is 1. The summed E-state index contributed by atoms with van der Waals surface area (Å²) in [6, 6.07) is 3.21. The molecule has 0 aromatic carbocycles. The van der Waals surface area contributed by atoms with Crippen LogP contribution >= 0.6 is 11.3 Å². The molecule has 2 aromatic rings. The van der Waals surface area contributed by atoms with Crippen LogP contribution in [-0.2, 0) is 6.42 Å². The molecule has 7 heteroatoms. The third kappa shape index (κ3) is 3.19. The molecule has 0 spiro atoms. The molecule has 0 aliphatic heterocycles. The van der Waals surface area contributed by atoms with Crippen LogP contribution in [0.1, 0.15) is 30.9 Å². The first-order valence-corrected chi connectivity index (χ1v) is 6.41. The van der Waals surface area contributed by atoms with Crippen LogP contribution in [0.25, 0.3) is 0 Å². The number of nitrogens with one attached hydrogen (secondary N) is 1. The fourth-order valence-corrected chi connectivity index (χ4v) is 2.44. The van der Waals surface area contributed by atoms with Crippen LogP contribution in [0.5, 0.6) is 0 Å². The van der Waals surface area contributed by atoms with Crippen molar-refractivity contribution >= 4 is 23.2 Å². The SMILES string of the molecule is Cc1nc(CCNC(=O)c2ccco2)sc1C(=O)O. The first-order valence-electron chi connectivity index (χ1n) is 5.59. The molecule has 6 nitrogen and oxygen atoms in total. The molecule has 1 amide bonds. The maximum Gasteiger partial charge on any atom is 0.347 e. The summed E-state index contributed by atoms with van der Waals surface area (Å²) in [5.41, 5.74) is 0.505. The Kier molecular flexibility index (Phi) is 3.96. The first kappa shape index (κ1) is 13.3. The quantitative estimate of drug-likeness (QED) is 0.869. The lowest BCUT2D eigenvalue weighted by molar-refractivity contribution is 0.0701. The van der Waals surface area contributed by atoms with Gasteiger partial charge in [0.2, 0.25) is 0 Å². The summed E-state index contributed by atoms with van der Waals surface area (Å²) >= 11 is 1.13. The van der Waals surface area contributed by atoms with Crippen molar-refractivity contribution in [1.29, 1.82) is 0 Å². The number of thiazole rings is 1. The molecule has 0 radical (unpaired) electrons. The van der Waals surface area contributed by atoms with Crippen molar-refractivity contribution < 1.29 is 19.1 Å². The molecule has 0 bridgehead atoms. The van der Waals surface area contributed by atoms with E-state index >= 15 is 0 Å². The van der Waals surface area contributed by atoms with Gasteiger partial charge in [-0.15, -0.1) is 11.3 Å². The first-order chi connectivity index (χ1) is 9.08. The van der Waals surface area contributed by atoms with Gasteiger partial charge >= 0.3 is 5.97 Å². The van der Waals surface area contributed by atoms with Crippen molar-refractivity contribution in [1.82, 2.24) is 10.3 Å².